The zero-order valence-electron chi connectivity index (χ0n) is 13.3. The second kappa shape index (κ2) is 8.67. The van der Waals surface area contributed by atoms with Gasteiger partial charge in [-0.3, -0.25) is 9.59 Å². The van der Waals surface area contributed by atoms with Gasteiger partial charge in [-0.15, -0.1) is 0 Å². The molecule has 1 aliphatic heterocycles. The quantitative estimate of drug-likeness (QED) is 0.449. The van der Waals surface area contributed by atoms with Gasteiger partial charge in [0.05, 0.1) is 0 Å². The maximum absolute atomic E-state index is 11.2. The second-order valence-corrected chi connectivity index (χ2v) is 6.05. The van der Waals surface area contributed by atoms with Crippen LogP contribution in [0.3, 0.4) is 0 Å². The third kappa shape index (κ3) is 5.84. The summed E-state index contributed by atoms with van der Waals surface area (Å²) in [6.07, 6.45) is 1.76. The number of halogens is 1. The van der Waals surface area contributed by atoms with E-state index in [1.54, 1.807) is 12.2 Å². The fourth-order valence-corrected chi connectivity index (χ4v) is 2.49. The van der Waals surface area contributed by atoms with Gasteiger partial charge in [0.25, 0.3) is 0 Å². The summed E-state index contributed by atoms with van der Waals surface area (Å²) in [5, 5.41) is 0. The fourth-order valence-electron chi connectivity index (χ4n) is 2.09. The minimum atomic E-state index is -0.606. The molecule has 0 amide bonds. The van der Waals surface area contributed by atoms with Crippen molar-refractivity contribution in [2.75, 3.05) is 6.61 Å². The van der Waals surface area contributed by atoms with Crippen molar-refractivity contribution in [2.45, 2.75) is 32.2 Å². The Hall–Kier alpha value is -2.10. The standard InChI is InChI=1S/C18H17BrO5/c1-12(20)22-11-18-17(23-13(2)21)9-8-16(24-18)7-6-14-4-3-5-15(19)10-14/h3-5,8-10,16-18H,11H2,1-2H3/t16-,17+,18-/m1/s1. The lowest BCUT2D eigenvalue weighted by Crippen LogP contribution is -2.41. The molecule has 1 aliphatic rings. The molecule has 24 heavy (non-hydrogen) atoms. The molecule has 6 heteroatoms. The van der Waals surface area contributed by atoms with Crippen molar-refractivity contribution in [3.05, 3.63) is 46.5 Å². The predicted molar refractivity (Wildman–Crippen MR) is 91.0 cm³/mol. The van der Waals surface area contributed by atoms with E-state index in [2.05, 4.69) is 27.8 Å². The Labute approximate surface area is 149 Å². The van der Waals surface area contributed by atoms with Crippen LogP contribution < -0.4 is 0 Å². The molecule has 3 atom stereocenters. The van der Waals surface area contributed by atoms with Crippen LogP contribution in [0.1, 0.15) is 19.4 Å². The SMILES string of the molecule is CC(=O)OC[C@H]1O[C@H](C#Cc2cccc(Br)c2)C=C[C@@H]1OC(C)=O. The lowest BCUT2D eigenvalue weighted by Gasteiger charge is -2.29. The number of hydrogen-bond donors (Lipinski definition) is 0. The largest absolute Gasteiger partial charge is 0.463 e. The number of ether oxygens (including phenoxy) is 3. The number of rotatable bonds is 3. The highest BCUT2D eigenvalue weighted by Gasteiger charge is 2.29. The highest BCUT2D eigenvalue weighted by Crippen LogP contribution is 2.17. The molecule has 5 nitrogen and oxygen atoms in total. The molecular weight excluding hydrogens is 376 g/mol. The molecule has 0 spiro atoms. The Kier molecular flexibility index (Phi) is 6.59. The van der Waals surface area contributed by atoms with Gasteiger partial charge in [-0.1, -0.05) is 33.8 Å². The van der Waals surface area contributed by atoms with Crippen LogP contribution in [0.4, 0.5) is 0 Å². The van der Waals surface area contributed by atoms with Crippen molar-refractivity contribution in [1.82, 2.24) is 0 Å². The summed E-state index contributed by atoms with van der Waals surface area (Å²) in [4.78, 5) is 22.2. The van der Waals surface area contributed by atoms with E-state index in [4.69, 9.17) is 14.2 Å². The van der Waals surface area contributed by atoms with E-state index in [0.29, 0.717) is 0 Å². The molecule has 0 unspecified atom stereocenters. The van der Waals surface area contributed by atoms with Crippen LogP contribution in [0, 0.1) is 11.8 Å². The molecule has 0 fully saturated rings. The molecule has 0 aromatic heterocycles. The van der Waals surface area contributed by atoms with Gasteiger partial charge < -0.3 is 14.2 Å². The Morgan fingerprint density at radius 2 is 2.04 bits per heavy atom. The Morgan fingerprint density at radius 3 is 2.71 bits per heavy atom. The van der Waals surface area contributed by atoms with Crippen molar-refractivity contribution < 1.29 is 23.8 Å². The maximum atomic E-state index is 11.2. The molecule has 126 valence electrons. The van der Waals surface area contributed by atoms with E-state index in [1.165, 1.54) is 13.8 Å². The lowest BCUT2D eigenvalue weighted by atomic mass is 10.1. The summed E-state index contributed by atoms with van der Waals surface area (Å²) in [7, 11) is 0. The molecule has 1 aromatic rings. The minimum absolute atomic E-state index is 0.00726. The molecule has 0 saturated carbocycles. The summed E-state index contributed by atoms with van der Waals surface area (Å²) in [5.41, 5.74) is 0.847. The molecule has 2 rings (SSSR count). The zero-order valence-corrected chi connectivity index (χ0v) is 14.9. The van der Waals surface area contributed by atoms with Gasteiger partial charge >= 0.3 is 11.9 Å². The van der Waals surface area contributed by atoms with Crippen LogP contribution in [0.25, 0.3) is 0 Å². The summed E-state index contributed by atoms with van der Waals surface area (Å²) < 4.78 is 16.9. The topological polar surface area (TPSA) is 61.8 Å². The third-order valence-electron chi connectivity index (χ3n) is 3.10. The van der Waals surface area contributed by atoms with Crippen LogP contribution in [0.15, 0.2) is 40.9 Å². The highest BCUT2D eigenvalue weighted by atomic mass is 79.9. The van der Waals surface area contributed by atoms with Gasteiger partial charge in [-0.2, -0.15) is 0 Å². The van der Waals surface area contributed by atoms with E-state index in [1.807, 2.05) is 24.3 Å². The summed E-state index contributed by atoms with van der Waals surface area (Å²) in [6.45, 7) is 2.62. The molecular formula is C18H17BrO5. The zero-order chi connectivity index (χ0) is 17.5. The lowest BCUT2D eigenvalue weighted by molar-refractivity contribution is -0.161. The first-order chi connectivity index (χ1) is 11.4. The first-order valence-electron chi connectivity index (χ1n) is 7.35. The number of carbonyl (C=O) groups excluding carboxylic acids is 2. The van der Waals surface area contributed by atoms with Gasteiger partial charge in [-0.05, 0) is 30.4 Å². The van der Waals surface area contributed by atoms with Crippen LogP contribution >= 0.6 is 15.9 Å². The molecule has 1 aromatic carbocycles. The number of hydrogen-bond acceptors (Lipinski definition) is 5. The molecule has 0 saturated heterocycles. The summed E-state index contributed by atoms with van der Waals surface area (Å²) >= 11 is 3.39. The molecule has 1 heterocycles. The predicted octanol–water partition coefficient (Wildman–Crippen LogP) is 2.62. The van der Waals surface area contributed by atoms with Crippen molar-refractivity contribution in [3.8, 4) is 11.8 Å². The van der Waals surface area contributed by atoms with Gasteiger partial charge in [0.2, 0.25) is 0 Å². The Morgan fingerprint density at radius 1 is 1.25 bits per heavy atom. The Bertz CT molecular complexity index is 701. The normalized spacial score (nSPS) is 22.2. The van der Waals surface area contributed by atoms with Crippen LogP contribution in [0.2, 0.25) is 0 Å². The molecule has 0 radical (unpaired) electrons. The number of esters is 2. The minimum Gasteiger partial charge on any atom is -0.463 e. The van der Waals surface area contributed by atoms with Crippen molar-refractivity contribution in [3.63, 3.8) is 0 Å². The third-order valence-corrected chi connectivity index (χ3v) is 3.59. The first kappa shape index (κ1) is 18.2. The van der Waals surface area contributed by atoms with Gasteiger partial charge in [-0.25, -0.2) is 0 Å². The van der Waals surface area contributed by atoms with E-state index in [-0.39, 0.29) is 6.61 Å². The summed E-state index contributed by atoms with van der Waals surface area (Å²) in [5.74, 6) is 5.16. The monoisotopic (exact) mass is 392 g/mol. The van der Waals surface area contributed by atoms with E-state index in [9.17, 15) is 9.59 Å². The van der Waals surface area contributed by atoms with E-state index in [0.717, 1.165) is 10.0 Å². The van der Waals surface area contributed by atoms with Crippen LogP contribution in [-0.4, -0.2) is 36.9 Å². The highest BCUT2D eigenvalue weighted by molar-refractivity contribution is 9.10. The van der Waals surface area contributed by atoms with Crippen molar-refractivity contribution in [1.29, 1.82) is 0 Å². The Balaban J connectivity index is 2.10. The average molecular weight is 393 g/mol. The average Bonchev–Trinajstić information content (AvgIpc) is 2.52. The van der Waals surface area contributed by atoms with Crippen LogP contribution in [0.5, 0.6) is 0 Å². The van der Waals surface area contributed by atoms with Crippen molar-refractivity contribution in [2.24, 2.45) is 0 Å². The smallest absolute Gasteiger partial charge is 0.303 e. The van der Waals surface area contributed by atoms with Gasteiger partial charge in [0.15, 0.2) is 0 Å². The maximum Gasteiger partial charge on any atom is 0.303 e. The molecule has 0 bridgehead atoms. The number of carbonyl (C=O) groups is 2. The van der Waals surface area contributed by atoms with E-state index < -0.39 is 30.3 Å². The van der Waals surface area contributed by atoms with Gasteiger partial charge in [0, 0.05) is 23.9 Å². The second-order valence-electron chi connectivity index (χ2n) is 5.14. The number of benzene rings is 1. The molecule has 0 aliphatic carbocycles. The molecule has 0 N–H and O–H groups in total. The van der Waals surface area contributed by atoms with Crippen LogP contribution in [-0.2, 0) is 23.8 Å². The van der Waals surface area contributed by atoms with Crippen molar-refractivity contribution >= 4 is 27.9 Å². The van der Waals surface area contributed by atoms with E-state index >= 15 is 0 Å². The fraction of sp³-hybridized carbons (Fsp3) is 0.333. The first-order valence-corrected chi connectivity index (χ1v) is 8.15. The van der Waals surface area contributed by atoms with Gasteiger partial charge in [0.1, 0.15) is 24.9 Å². The summed E-state index contributed by atoms with van der Waals surface area (Å²) in [6, 6.07) is 7.60.